The van der Waals surface area contributed by atoms with Crippen LogP contribution < -0.4 is 15.6 Å². The first-order chi connectivity index (χ1) is 12.1. The normalized spacial score (nSPS) is 10.3. The summed E-state index contributed by atoms with van der Waals surface area (Å²) in [6.45, 7) is -0.100. The number of carbonyl (C=O) groups excluding carboxylic acids is 1. The molecule has 2 aromatic carbocycles. The summed E-state index contributed by atoms with van der Waals surface area (Å²) in [7, 11) is 0. The maximum absolute atomic E-state index is 12.3. The second-order valence-electron chi connectivity index (χ2n) is 5.27. The van der Waals surface area contributed by atoms with Crippen molar-refractivity contribution in [3.63, 3.8) is 0 Å². The van der Waals surface area contributed by atoms with Crippen LogP contribution in [0.25, 0.3) is 0 Å². The van der Waals surface area contributed by atoms with Gasteiger partial charge in [-0.3, -0.25) is 9.59 Å². The number of carbonyl (C=O) groups is 1. The highest BCUT2D eigenvalue weighted by Gasteiger charge is 2.11. The summed E-state index contributed by atoms with van der Waals surface area (Å²) < 4.78 is 7.11. The lowest BCUT2D eigenvalue weighted by molar-refractivity contribution is -0.116. The highest BCUT2D eigenvalue weighted by Crippen LogP contribution is 2.31. The highest BCUT2D eigenvalue weighted by molar-refractivity contribution is 6.31. The van der Waals surface area contributed by atoms with Gasteiger partial charge in [0.15, 0.2) is 5.75 Å². The van der Waals surface area contributed by atoms with Gasteiger partial charge in [-0.25, -0.2) is 0 Å². The van der Waals surface area contributed by atoms with E-state index in [1.807, 2.05) is 30.3 Å². The predicted octanol–water partition coefficient (Wildman–Crippen LogP) is 3.93. The molecule has 6 heteroatoms. The second kappa shape index (κ2) is 7.68. The molecule has 0 fully saturated rings. The molecule has 1 heterocycles. The van der Waals surface area contributed by atoms with Gasteiger partial charge in [0.25, 0.3) is 5.56 Å². The van der Waals surface area contributed by atoms with Gasteiger partial charge in [-0.05, 0) is 36.4 Å². The molecule has 126 valence electrons. The first-order valence-electron chi connectivity index (χ1n) is 7.59. The van der Waals surface area contributed by atoms with Crippen LogP contribution in [0, 0.1) is 0 Å². The Kier molecular flexibility index (Phi) is 5.16. The van der Waals surface area contributed by atoms with Crippen LogP contribution in [0.1, 0.15) is 0 Å². The molecule has 0 aliphatic heterocycles. The third-order valence-electron chi connectivity index (χ3n) is 3.40. The number of halogens is 1. The van der Waals surface area contributed by atoms with Gasteiger partial charge in [-0.2, -0.15) is 0 Å². The minimum absolute atomic E-state index is 0.100. The molecule has 5 nitrogen and oxygen atoms in total. The van der Waals surface area contributed by atoms with Crippen LogP contribution in [-0.2, 0) is 11.3 Å². The van der Waals surface area contributed by atoms with E-state index in [0.717, 1.165) is 0 Å². The van der Waals surface area contributed by atoms with Crippen LogP contribution >= 0.6 is 11.6 Å². The Morgan fingerprint density at radius 3 is 2.56 bits per heavy atom. The van der Waals surface area contributed by atoms with Gasteiger partial charge in [-0.1, -0.05) is 35.9 Å². The van der Waals surface area contributed by atoms with Gasteiger partial charge in [-0.15, -0.1) is 0 Å². The zero-order valence-electron chi connectivity index (χ0n) is 13.2. The second-order valence-corrected chi connectivity index (χ2v) is 5.71. The van der Waals surface area contributed by atoms with Crippen molar-refractivity contribution in [2.45, 2.75) is 6.54 Å². The molecular formula is C19H15ClN2O3. The van der Waals surface area contributed by atoms with E-state index in [1.165, 1.54) is 10.6 Å². The van der Waals surface area contributed by atoms with E-state index >= 15 is 0 Å². The Bertz CT molecular complexity index is 939. The summed E-state index contributed by atoms with van der Waals surface area (Å²) >= 11 is 6.03. The maximum Gasteiger partial charge on any atom is 0.250 e. The van der Waals surface area contributed by atoms with Gasteiger partial charge < -0.3 is 14.6 Å². The van der Waals surface area contributed by atoms with Gasteiger partial charge in [0.1, 0.15) is 12.3 Å². The number of nitrogens with one attached hydrogen (secondary N) is 1. The number of nitrogens with zero attached hydrogens (tertiary/aromatic N) is 1. The van der Waals surface area contributed by atoms with Crippen molar-refractivity contribution in [1.29, 1.82) is 0 Å². The first kappa shape index (κ1) is 16.8. The summed E-state index contributed by atoms with van der Waals surface area (Å²) in [5.74, 6) is 0.748. The van der Waals surface area contributed by atoms with E-state index in [0.29, 0.717) is 22.2 Å². The average Bonchev–Trinajstić information content (AvgIpc) is 2.60. The fourth-order valence-electron chi connectivity index (χ4n) is 2.24. The number of anilines is 1. The Hall–Kier alpha value is -3.05. The topological polar surface area (TPSA) is 60.3 Å². The van der Waals surface area contributed by atoms with E-state index in [-0.39, 0.29) is 18.0 Å². The fraction of sp³-hybridized carbons (Fsp3) is 0.0526. The molecule has 3 aromatic rings. The van der Waals surface area contributed by atoms with Crippen LogP contribution in [0.15, 0.2) is 77.7 Å². The lowest BCUT2D eigenvalue weighted by atomic mass is 10.2. The number of hydrogen-bond donors (Lipinski definition) is 1. The summed E-state index contributed by atoms with van der Waals surface area (Å²) in [6, 6.07) is 18.9. The number of para-hydroxylation sites is 1. The van der Waals surface area contributed by atoms with Crippen molar-refractivity contribution >= 4 is 23.2 Å². The lowest BCUT2D eigenvalue weighted by Gasteiger charge is -2.13. The largest absolute Gasteiger partial charge is 0.455 e. The molecule has 0 bridgehead atoms. The molecule has 3 rings (SSSR count). The smallest absolute Gasteiger partial charge is 0.250 e. The first-order valence-corrected chi connectivity index (χ1v) is 7.97. The summed E-state index contributed by atoms with van der Waals surface area (Å²) in [4.78, 5) is 24.0. The molecule has 1 aromatic heterocycles. The minimum atomic E-state index is -0.353. The molecular weight excluding hydrogens is 340 g/mol. The molecule has 1 N–H and O–H groups in total. The van der Waals surface area contributed by atoms with E-state index in [4.69, 9.17) is 16.3 Å². The van der Waals surface area contributed by atoms with E-state index in [1.54, 1.807) is 36.5 Å². The Morgan fingerprint density at radius 2 is 1.80 bits per heavy atom. The maximum atomic E-state index is 12.3. The summed E-state index contributed by atoms with van der Waals surface area (Å²) in [5, 5.41) is 3.20. The summed E-state index contributed by atoms with van der Waals surface area (Å²) in [5.41, 5.74) is 0.190. The monoisotopic (exact) mass is 354 g/mol. The van der Waals surface area contributed by atoms with E-state index in [2.05, 4.69) is 5.32 Å². The SMILES string of the molecule is O=C(Cn1ccccc1=O)Nc1cc(Cl)ccc1Oc1ccccc1. The molecule has 0 atom stereocenters. The third-order valence-corrected chi connectivity index (χ3v) is 3.63. The quantitative estimate of drug-likeness (QED) is 0.755. The van der Waals surface area contributed by atoms with Crippen LogP contribution in [0.5, 0.6) is 11.5 Å². The number of aromatic nitrogens is 1. The predicted molar refractivity (Wildman–Crippen MR) is 97.3 cm³/mol. The number of amides is 1. The molecule has 0 spiro atoms. The molecule has 0 aliphatic carbocycles. The number of rotatable bonds is 5. The van der Waals surface area contributed by atoms with Gasteiger partial charge >= 0.3 is 0 Å². The molecule has 0 aliphatic rings. The van der Waals surface area contributed by atoms with E-state index < -0.39 is 0 Å². The minimum Gasteiger partial charge on any atom is -0.455 e. The molecule has 0 saturated carbocycles. The van der Waals surface area contributed by atoms with Crippen molar-refractivity contribution in [1.82, 2.24) is 4.57 Å². The van der Waals surface area contributed by atoms with E-state index in [9.17, 15) is 9.59 Å². The Morgan fingerprint density at radius 1 is 1.04 bits per heavy atom. The molecule has 0 saturated heterocycles. The number of benzene rings is 2. The number of hydrogen-bond acceptors (Lipinski definition) is 3. The van der Waals surface area contributed by atoms with Crippen LogP contribution in [0.2, 0.25) is 5.02 Å². The molecule has 1 amide bonds. The Balaban J connectivity index is 1.79. The lowest BCUT2D eigenvalue weighted by Crippen LogP contribution is -2.26. The van der Waals surface area contributed by atoms with Crippen LogP contribution in [0.3, 0.4) is 0 Å². The number of pyridine rings is 1. The highest BCUT2D eigenvalue weighted by atomic mass is 35.5. The molecule has 0 unspecified atom stereocenters. The van der Waals surface area contributed by atoms with Crippen molar-refractivity contribution < 1.29 is 9.53 Å². The zero-order valence-corrected chi connectivity index (χ0v) is 13.9. The third kappa shape index (κ3) is 4.49. The standard InChI is InChI=1S/C19H15ClN2O3/c20-14-9-10-17(25-15-6-2-1-3-7-15)16(12-14)21-18(23)13-22-11-5-4-8-19(22)24/h1-12H,13H2,(H,21,23). The van der Waals surface area contributed by atoms with Crippen molar-refractivity contribution in [2.24, 2.45) is 0 Å². The van der Waals surface area contributed by atoms with Crippen LogP contribution in [-0.4, -0.2) is 10.5 Å². The van der Waals surface area contributed by atoms with Gasteiger partial charge in [0, 0.05) is 17.3 Å². The average molecular weight is 355 g/mol. The van der Waals surface area contributed by atoms with Crippen molar-refractivity contribution in [3.8, 4) is 11.5 Å². The molecule has 25 heavy (non-hydrogen) atoms. The Labute approximate surface area is 149 Å². The van der Waals surface area contributed by atoms with Gasteiger partial charge in [0.05, 0.1) is 5.69 Å². The fourth-order valence-corrected chi connectivity index (χ4v) is 2.41. The summed E-state index contributed by atoms with van der Waals surface area (Å²) in [6.07, 6.45) is 1.56. The van der Waals surface area contributed by atoms with Crippen molar-refractivity contribution in [2.75, 3.05) is 5.32 Å². The van der Waals surface area contributed by atoms with Crippen LogP contribution in [0.4, 0.5) is 5.69 Å². The zero-order chi connectivity index (χ0) is 17.6. The van der Waals surface area contributed by atoms with Crippen molar-refractivity contribution in [3.05, 3.63) is 88.3 Å². The molecule has 0 radical (unpaired) electrons. The van der Waals surface area contributed by atoms with Gasteiger partial charge in [0.2, 0.25) is 5.91 Å². The number of ether oxygens (including phenoxy) is 1.